The van der Waals surface area contributed by atoms with Gasteiger partial charge >= 0.3 is 5.97 Å². The van der Waals surface area contributed by atoms with Crippen LogP contribution in [0.15, 0.2) is 18.2 Å². The second-order valence-corrected chi connectivity index (χ2v) is 6.54. The standard InChI is InChI=1S/C20H27ClO4/c1-6-11-23-12-10-15(5)25-20(22)19(14(3)4)16-8-9-18(24-7-2)17(21)13-16/h1,8-9,13-15,19H,7,10-12H2,2-5H3. The Balaban J connectivity index is 2.77. The summed E-state index contributed by atoms with van der Waals surface area (Å²) in [5.74, 6) is 2.44. The third-order valence-electron chi connectivity index (χ3n) is 3.71. The number of terminal acetylenes is 1. The first-order valence-electron chi connectivity index (χ1n) is 8.54. The minimum absolute atomic E-state index is 0.0754. The number of ether oxygens (including phenoxy) is 3. The molecule has 1 rings (SSSR count). The Hall–Kier alpha value is -1.70. The summed E-state index contributed by atoms with van der Waals surface area (Å²) in [4.78, 5) is 12.6. The van der Waals surface area contributed by atoms with Gasteiger partial charge in [0.05, 0.1) is 24.2 Å². The van der Waals surface area contributed by atoms with E-state index in [1.807, 2.05) is 33.8 Å². The van der Waals surface area contributed by atoms with Crippen molar-refractivity contribution in [2.45, 2.75) is 46.1 Å². The zero-order chi connectivity index (χ0) is 18.8. The zero-order valence-electron chi connectivity index (χ0n) is 15.4. The van der Waals surface area contributed by atoms with Crippen molar-refractivity contribution in [2.75, 3.05) is 19.8 Å². The van der Waals surface area contributed by atoms with E-state index in [2.05, 4.69) is 5.92 Å². The second-order valence-electron chi connectivity index (χ2n) is 6.14. The maximum atomic E-state index is 12.6. The maximum Gasteiger partial charge on any atom is 0.313 e. The third kappa shape index (κ3) is 6.97. The molecule has 0 aromatic heterocycles. The van der Waals surface area contributed by atoms with Crippen LogP contribution in [0.25, 0.3) is 0 Å². The smallest absolute Gasteiger partial charge is 0.313 e. The summed E-state index contributed by atoms with van der Waals surface area (Å²) >= 11 is 6.26. The van der Waals surface area contributed by atoms with Crippen LogP contribution in [-0.2, 0) is 14.3 Å². The van der Waals surface area contributed by atoms with E-state index in [0.29, 0.717) is 30.4 Å². The van der Waals surface area contributed by atoms with Crippen LogP contribution in [0.3, 0.4) is 0 Å². The van der Waals surface area contributed by atoms with Gasteiger partial charge in [0.25, 0.3) is 0 Å². The summed E-state index contributed by atoms with van der Waals surface area (Å²) in [6.07, 6.45) is 5.48. The van der Waals surface area contributed by atoms with E-state index in [9.17, 15) is 4.79 Å². The van der Waals surface area contributed by atoms with Crippen LogP contribution < -0.4 is 4.74 Å². The number of halogens is 1. The first-order valence-corrected chi connectivity index (χ1v) is 8.92. The van der Waals surface area contributed by atoms with E-state index in [1.165, 1.54) is 0 Å². The van der Waals surface area contributed by atoms with Crippen molar-refractivity contribution in [3.8, 4) is 18.1 Å². The van der Waals surface area contributed by atoms with Crippen molar-refractivity contribution in [2.24, 2.45) is 5.92 Å². The van der Waals surface area contributed by atoms with Gasteiger partial charge in [-0.3, -0.25) is 4.79 Å². The first-order chi connectivity index (χ1) is 11.9. The van der Waals surface area contributed by atoms with Gasteiger partial charge in [-0.1, -0.05) is 37.4 Å². The summed E-state index contributed by atoms with van der Waals surface area (Å²) in [5.41, 5.74) is 0.823. The molecule has 0 heterocycles. The topological polar surface area (TPSA) is 44.8 Å². The van der Waals surface area contributed by atoms with Gasteiger partial charge in [0, 0.05) is 6.42 Å². The number of hydrogen-bond acceptors (Lipinski definition) is 4. The molecule has 1 aromatic carbocycles. The van der Waals surface area contributed by atoms with Crippen molar-refractivity contribution in [1.29, 1.82) is 0 Å². The van der Waals surface area contributed by atoms with Gasteiger partial charge in [0.15, 0.2) is 0 Å². The molecule has 0 bridgehead atoms. The van der Waals surface area contributed by atoms with E-state index in [4.69, 9.17) is 32.2 Å². The van der Waals surface area contributed by atoms with Gasteiger partial charge in [0.1, 0.15) is 18.5 Å². The molecule has 138 valence electrons. The average Bonchev–Trinajstić information content (AvgIpc) is 2.54. The van der Waals surface area contributed by atoms with Crippen molar-refractivity contribution >= 4 is 17.6 Å². The number of carbonyl (C=O) groups is 1. The molecule has 0 radical (unpaired) electrons. The summed E-state index contributed by atoms with van der Waals surface area (Å²) < 4.78 is 16.2. The molecule has 0 aliphatic heterocycles. The average molecular weight is 367 g/mol. The van der Waals surface area contributed by atoms with Crippen LogP contribution in [0.5, 0.6) is 5.75 Å². The molecule has 25 heavy (non-hydrogen) atoms. The lowest BCUT2D eigenvalue weighted by atomic mass is 9.88. The van der Waals surface area contributed by atoms with Crippen molar-refractivity contribution in [1.82, 2.24) is 0 Å². The SMILES string of the molecule is C#CCOCCC(C)OC(=O)C(c1ccc(OCC)c(Cl)c1)C(C)C. The van der Waals surface area contributed by atoms with Crippen molar-refractivity contribution in [3.63, 3.8) is 0 Å². The Morgan fingerprint density at radius 3 is 2.60 bits per heavy atom. The fourth-order valence-electron chi connectivity index (χ4n) is 2.49. The third-order valence-corrected chi connectivity index (χ3v) is 4.00. The first kappa shape index (κ1) is 21.3. The van der Waals surface area contributed by atoms with Crippen LogP contribution in [0.2, 0.25) is 5.02 Å². The number of carbonyl (C=O) groups excluding carboxylic acids is 1. The predicted molar refractivity (Wildman–Crippen MR) is 100 cm³/mol. The number of hydrogen-bond donors (Lipinski definition) is 0. The Labute approximate surface area is 155 Å². The number of benzene rings is 1. The molecule has 2 unspecified atom stereocenters. The molecule has 0 aliphatic rings. The van der Waals surface area contributed by atoms with E-state index in [1.54, 1.807) is 12.1 Å². The highest BCUT2D eigenvalue weighted by Gasteiger charge is 2.27. The molecule has 5 heteroatoms. The molecule has 0 aliphatic carbocycles. The Kier molecular flexibility index (Phi) is 9.41. The van der Waals surface area contributed by atoms with Crippen LogP contribution in [0, 0.1) is 18.3 Å². The lowest BCUT2D eigenvalue weighted by molar-refractivity contribution is -0.152. The molecule has 4 nitrogen and oxygen atoms in total. The van der Waals surface area contributed by atoms with Crippen LogP contribution in [0.1, 0.15) is 45.6 Å². The summed E-state index contributed by atoms with van der Waals surface area (Å²) in [7, 11) is 0. The summed E-state index contributed by atoms with van der Waals surface area (Å²) in [6.45, 7) is 8.97. The largest absolute Gasteiger partial charge is 0.492 e. The van der Waals surface area contributed by atoms with Gasteiger partial charge in [-0.25, -0.2) is 0 Å². The minimum atomic E-state index is -0.387. The minimum Gasteiger partial charge on any atom is -0.492 e. The highest BCUT2D eigenvalue weighted by atomic mass is 35.5. The van der Waals surface area contributed by atoms with Gasteiger partial charge in [-0.2, -0.15) is 0 Å². The molecule has 2 atom stereocenters. The van der Waals surface area contributed by atoms with Crippen molar-refractivity contribution < 1.29 is 19.0 Å². The molecule has 0 saturated heterocycles. The predicted octanol–water partition coefficient (Wildman–Crippen LogP) is 4.45. The fraction of sp³-hybridized carbons (Fsp3) is 0.550. The molecule has 0 N–H and O–H groups in total. The van der Waals surface area contributed by atoms with Gasteiger partial charge in [-0.15, -0.1) is 6.42 Å². The Morgan fingerprint density at radius 1 is 1.32 bits per heavy atom. The highest BCUT2D eigenvalue weighted by molar-refractivity contribution is 6.32. The molecule has 0 spiro atoms. The quantitative estimate of drug-likeness (QED) is 0.348. The summed E-state index contributed by atoms with van der Waals surface area (Å²) in [6, 6.07) is 5.43. The lowest BCUT2D eigenvalue weighted by Crippen LogP contribution is -2.25. The monoisotopic (exact) mass is 366 g/mol. The molecular formula is C20H27ClO4. The number of esters is 1. The zero-order valence-corrected chi connectivity index (χ0v) is 16.1. The Morgan fingerprint density at radius 2 is 2.04 bits per heavy atom. The molecule has 0 fully saturated rings. The maximum absolute atomic E-state index is 12.6. The van der Waals surface area contributed by atoms with E-state index < -0.39 is 0 Å². The van der Waals surface area contributed by atoms with Crippen LogP contribution in [-0.4, -0.2) is 31.9 Å². The van der Waals surface area contributed by atoms with Crippen LogP contribution in [0.4, 0.5) is 0 Å². The molecule has 0 amide bonds. The molecule has 1 aromatic rings. The van der Waals surface area contributed by atoms with E-state index in [0.717, 1.165) is 5.56 Å². The van der Waals surface area contributed by atoms with Crippen LogP contribution >= 0.6 is 11.6 Å². The Bertz CT molecular complexity index is 592. The van der Waals surface area contributed by atoms with Gasteiger partial charge in [-0.05, 0) is 37.5 Å². The fourth-order valence-corrected chi connectivity index (χ4v) is 2.73. The highest BCUT2D eigenvalue weighted by Crippen LogP contribution is 2.33. The second kappa shape index (κ2) is 11.0. The summed E-state index contributed by atoms with van der Waals surface area (Å²) in [5, 5.41) is 0.494. The van der Waals surface area contributed by atoms with Gasteiger partial charge in [0.2, 0.25) is 0 Å². The molecular weight excluding hydrogens is 340 g/mol. The normalized spacial score (nSPS) is 13.2. The van der Waals surface area contributed by atoms with E-state index in [-0.39, 0.29) is 30.5 Å². The number of rotatable bonds is 10. The van der Waals surface area contributed by atoms with E-state index >= 15 is 0 Å². The van der Waals surface area contributed by atoms with Gasteiger partial charge < -0.3 is 14.2 Å². The lowest BCUT2D eigenvalue weighted by Gasteiger charge is -2.23. The molecule has 0 saturated carbocycles. The van der Waals surface area contributed by atoms with Crippen molar-refractivity contribution in [3.05, 3.63) is 28.8 Å².